The Morgan fingerprint density at radius 1 is 1.00 bits per heavy atom. The molecule has 0 aliphatic carbocycles. The highest BCUT2D eigenvalue weighted by atomic mass is 32.1. The van der Waals surface area contributed by atoms with E-state index in [4.69, 9.17) is 0 Å². The fraction of sp³-hybridized carbons (Fsp3) is 0.0625. The van der Waals surface area contributed by atoms with Crippen molar-refractivity contribution < 1.29 is 13.2 Å². The van der Waals surface area contributed by atoms with Gasteiger partial charge < -0.3 is 0 Å². The van der Waals surface area contributed by atoms with Crippen LogP contribution in [0, 0.1) is 0 Å². The standard InChI is InChI=1S/C16H9F3N4S/c17-16(18,19)14-8-11(13-6-3-7-24-13)21-15(22-14)23-9-20-10-4-1-2-5-12(10)23/h1-9H. The quantitative estimate of drug-likeness (QED) is 0.534. The van der Waals surface area contributed by atoms with Crippen LogP contribution in [0.2, 0.25) is 0 Å². The fourth-order valence-corrected chi connectivity index (χ4v) is 3.04. The first-order chi connectivity index (χ1) is 11.5. The van der Waals surface area contributed by atoms with Gasteiger partial charge in [-0.25, -0.2) is 15.0 Å². The maximum Gasteiger partial charge on any atom is 0.433 e. The Morgan fingerprint density at radius 2 is 1.83 bits per heavy atom. The summed E-state index contributed by atoms with van der Waals surface area (Å²) in [6.07, 6.45) is -3.13. The van der Waals surface area contributed by atoms with Crippen LogP contribution >= 0.6 is 11.3 Å². The van der Waals surface area contributed by atoms with Crippen molar-refractivity contribution >= 4 is 22.4 Å². The third kappa shape index (κ3) is 2.54. The molecule has 4 aromatic rings. The number of aromatic nitrogens is 4. The number of fused-ring (bicyclic) bond motifs is 1. The van der Waals surface area contributed by atoms with Crippen LogP contribution in [-0.2, 0) is 6.18 Å². The molecule has 4 rings (SSSR count). The molecule has 4 nitrogen and oxygen atoms in total. The van der Waals surface area contributed by atoms with Gasteiger partial charge in [-0.05, 0) is 29.6 Å². The van der Waals surface area contributed by atoms with Gasteiger partial charge in [0.05, 0.1) is 21.6 Å². The summed E-state index contributed by atoms with van der Waals surface area (Å²) in [6, 6.07) is 11.6. The monoisotopic (exact) mass is 346 g/mol. The topological polar surface area (TPSA) is 43.6 Å². The molecule has 0 aliphatic rings. The zero-order valence-electron chi connectivity index (χ0n) is 12.0. The molecule has 1 aromatic carbocycles. The SMILES string of the molecule is FC(F)(F)c1cc(-c2cccs2)nc(-n2cnc3ccccc32)n1. The molecular formula is C16H9F3N4S. The molecule has 0 N–H and O–H groups in total. The summed E-state index contributed by atoms with van der Waals surface area (Å²) in [5, 5.41) is 1.79. The van der Waals surface area contributed by atoms with Gasteiger partial charge in [-0.15, -0.1) is 11.3 Å². The first-order valence-electron chi connectivity index (χ1n) is 6.95. The molecule has 0 atom stereocenters. The Kier molecular flexibility index (Phi) is 3.34. The van der Waals surface area contributed by atoms with E-state index >= 15 is 0 Å². The van der Waals surface area contributed by atoms with E-state index in [1.54, 1.807) is 35.7 Å². The van der Waals surface area contributed by atoms with Crippen molar-refractivity contribution in [3.05, 3.63) is 59.9 Å². The van der Waals surface area contributed by atoms with Crippen LogP contribution in [-0.4, -0.2) is 19.5 Å². The predicted molar refractivity (Wildman–Crippen MR) is 85.0 cm³/mol. The molecule has 0 saturated carbocycles. The average molecular weight is 346 g/mol. The second-order valence-corrected chi connectivity index (χ2v) is 5.96. The van der Waals surface area contributed by atoms with Gasteiger partial charge in [-0.3, -0.25) is 4.57 Å². The minimum absolute atomic E-state index is 0.0538. The van der Waals surface area contributed by atoms with E-state index in [9.17, 15) is 13.2 Å². The van der Waals surface area contributed by atoms with Crippen LogP contribution in [0.15, 0.2) is 54.2 Å². The number of para-hydroxylation sites is 2. The van der Waals surface area contributed by atoms with Crippen LogP contribution in [0.25, 0.3) is 27.6 Å². The first-order valence-corrected chi connectivity index (χ1v) is 7.83. The molecular weight excluding hydrogens is 337 g/mol. The van der Waals surface area contributed by atoms with Gasteiger partial charge in [0.25, 0.3) is 0 Å². The maximum atomic E-state index is 13.2. The number of imidazole rings is 1. The molecule has 0 unspecified atom stereocenters. The normalized spacial score (nSPS) is 12.0. The molecule has 0 aliphatic heterocycles. The van der Waals surface area contributed by atoms with Crippen molar-refractivity contribution in [3.8, 4) is 16.5 Å². The second-order valence-electron chi connectivity index (χ2n) is 5.02. The second kappa shape index (κ2) is 5.41. The van der Waals surface area contributed by atoms with E-state index < -0.39 is 11.9 Å². The van der Waals surface area contributed by atoms with Gasteiger partial charge in [0.15, 0.2) is 5.69 Å². The van der Waals surface area contributed by atoms with Crippen molar-refractivity contribution in [3.63, 3.8) is 0 Å². The highest BCUT2D eigenvalue weighted by Gasteiger charge is 2.34. The van der Waals surface area contributed by atoms with E-state index in [2.05, 4.69) is 15.0 Å². The van der Waals surface area contributed by atoms with Crippen LogP contribution in [0.1, 0.15) is 5.69 Å². The molecule has 0 amide bonds. The Bertz CT molecular complexity index is 1010. The number of hydrogen-bond acceptors (Lipinski definition) is 4. The van der Waals surface area contributed by atoms with Crippen LogP contribution in [0.4, 0.5) is 13.2 Å². The summed E-state index contributed by atoms with van der Waals surface area (Å²) in [5.41, 5.74) is 0.568. The Labute approximate surface area is 138 Å². The molecule has 24 heavy (non-hydrogen) atoms. The summed E-state index contributed by atoms with van der Waals surface area (Å²) < 4.78 is 41.2. The zero-order valence-corrected chi connectivity index (χ0v) is 12.8. The van der Waals surface area contributed by atoms with Gasteiger partial charge in [0.1, 0.15) is 6.33 Å². The lowest BCUT2D eigenvalue weighted by Gasteiger charge is -2.10. The summed E-state index contributed by atoms with van der Waals surface area (Å²) in [6.45, 7) is 0. The van der Waals surface area contributed by atoms with Gasteiger partial charge in [0, 0.05) is 0 Å². The molecule has 0 fully saturated rings. The first kappa shape index (κ1) is 14.8. The highest BCUT2D eigenvalue weighted by molar-refractivity contribution is 7.13. The Hall–Kier alpha value is -2.74. The maximum absolute atomic E-state index is 13.2. The lowest BCUT2D eigenvalue weighted by molar-refractivity contribution is -0.141. The molecule has 8 heteroatoms. The van der Waals surface area contributed by atoms with E-state index in [0.29, 0.717) is 15.9 Å². The Balaban J connectivity index is 1.96. The molecule has 0 radical (unpaired) electrons. The van der Waals surface area contributed by atoms with Crippen molar-refractivity contribution in [2.24, 2.45) is 0 Å². The number of nitrogens with zero attached hydrogens (tertiary/aromatic N) is 4. The molecule has 3 heterocycles. The van der Waals surface area contributed by atoms with E-state index in [-0.39, 0.29) is 11.6 Å². The van der Waals surface area contributed by atoms with E-state index in [1.807, 2.05) is 6.07 Å². The molecule has 0 spiro atoms. The molecule has 0 bridgehead atoms. The van der Waals surface area contributed by atoms with E-state index in [1.165, 1.54) is 22.2 Å². The van der Waals surface area contributed by atoms with E-state index in [0.717, 1.165) is 6.07 Å². The smallest absolute Gasteiger partial charge is 0.267 e. The number of rotatable bonds is 2. The molecule has 3 aromatic heterocycles. The summed E-state index contributed by atoms with van der Waals surface area (Å²) in [7, 11) is 0. The minimum atomic E-state index is -4.56. The summed E-state index contributed by atoms with van der Waals surface area (Å²) in [5.74, 6) is -0.0538. The number of alkyl halides is 3. The number of halogens is 3. The third-order valence-corrected chi connectivity index (χ3v) is 4.34. The van der Waals surface area contributed by atoms with Gasteiger partial charge in [-0.2, -0.15) is 13.2 Å². The van der Waals surface area contributed by atoms with Crippen molar-refractivity contribution in [2.45, 2.75) is 6.18 Å². The summed E-state index contributed by atoms with van der Waals surface area (Å²) in [4.78, 5) is 12.8. The largest absolute Gasteiger partial charge is 0.433 e. The van der Waals surface area contributed by atoms with Crippen molar-refractivity contribution in [2.75, 3.05) is 0 Å². The van der Waals surface area contributed by atoms with Crippen molar-refractivity contribution in [1.82, 2.24) is 19.5 Å². The Morgan fingerprint density at radius 3 is 2.58 bits per heavy atom. The van der Waals surface area contributed by atoms with Crippen LogP contribution < -0.4 is 0 Å². The number of thiophene rings is 1. The molecule has 120 valence electrons. The average Bonchev–Trinajstić information content (AvgIpc) is 3.23. The molecule has 0 saturated heterocycles. The van der Waals surface area contributed by atoms with Crippen LogP contribution in [0.3, 0.4) is 0 Å². The minimum Gasteiger partial charge on any atom is -0.267 e. The number of hydrogen-bond donors (Lipinski definition) is 0. The zero-order chi connectivity index (χ0) is 16.7. The van der Waals surface area contributed by atoms with Gasteiger partial charge in [0.2, 0.25) is 5.95 Å². The highest BCUT2D eigenvalue weighted by Crippen LogP contribution is 2.32. The predicted octanol–water partition coefficient (Wildman–Crippen LogP) is 4.56. The van der Waals surface area contributed by atoms with Crippen LogP contribution in [0.5, 0.6) is 0 Å². The van der Waals surface area contributed by atoms with Crippen molar-refractivity contribution in [1.29, 1.82) is 0 Å². The van der Waals surface area contributed by atoms with Gasteiger partial charge in [-0.1, -0.05) is 18.2 Å². The lowest BCUT2D eigenvalue weighted by Crippen LogP contribution is -2.12. The summed E-state index contributed by atoms with van der Waals surface area (Å²) >= 11 is 1.32. The van der Waals surface area contributed by atoms with Gasteiger partial charge >= 0.3 is 6.18 Å². The third-order valence-electron chi connectivity index (χ3n) is 3.45. The number of benzene rings is 1. The lowest BCUT2D eigenvalue weighted by atomic mass is 10.2. The fourth-order valence-electron chi connectivity index (χ4n) is 2.36.